The van der Waals surface area contributed by atoms with Crippen LogP contribution in [0.5, 0.6) is 5.88 Å². The van der Waals surface area contributed by atoms with Gasteiger partial charge in [0.15, 0.2) is 0 Å². The maximum absolute atomic E-state index is 14.6. The molecular weight excluding hydrogens is 413 g/mol. The molecule has 0 saturated heterocycles. The number of carbonyl (C=O) groups excluding carboxylic acids is 1. The van der Waals surface area contributed by atoms with Crippen LogP contribution >= 0.6 is 0 Å². The normalized spacial score (nSPS) is 20.6. The Bertz CT molecular complexity index is 983. The molecule has 2 aromatic rings. The lowest BCUT2D eigenvalue weighted by molar-refractivity contribution is -0.145. The lowest BCUT2D eigenvalue weighted by atomic mass is 9.79. The molecule has 1 atom stereocenters. The van der Waals surface area contributed by atoms with E-state index in [0.717, 1.165) is 18.5 Å². The Balaban J connectivity index is 2.01. The number of hydrogen-bond donors (Lipinski definition) is 2. The maximum atomic E-state index is 14.6. The van der Waals surface area contributed by atoms with Crippen molar-refractivity contribution in [2.75, 3.05) is 12.4 Å². The number of ether oxygens (including phenoxy) is 1. The van der Waals surface area contributed by atoms with Gasteiger partial charge in [-0.15, -0.1) is 0 Å². The van der Waals surface area contributed by atoms with Gasteiger partial charge in [0.25, 0.3) is 18.3 Å². The molecule has 1 aliphatic rings. The van der Waals surface area contributed by atoms with Crippen molar-refractivity contribution in [1.29, 1.82) is 0 Å². The maximum Gasteiger partial charge on any atom is 0.283 e. The van der Waals surface area contributed by atoms with Crippen molar-refractivity contribution in [1.82, 2.24) is 9.97 Å². The van der Waals surface area contributed by atoms with Crippen LogP contribution in [0.2, 0.25) is 0 Å². The molecule has 30 heavy (non-hydrogen) atoms. The molecule has 1 aromatic heterocycles. The monoisotopic (exact) mass is 429 g/mol. The fourth-order valence-corrected chi connectivity index (χ4v) is 3.05. The molecule has 0 bridgehead atoms. The first-order chi connectivity index (χ1) is 14.1. The van der Waals surface area contributed by atoms with Gasteiger partial charge in [-0.05, 0) is 18.2 Å². The number of aliphatic imine (C=N–C) groups is 1. The van der Waals surface area contributed by atoms with Gasteiger partial charge in [0, 0.05) is 24.1 Å². The molecule has 3 rings (SSSR count). The summed E-state index contributed by atoms with van der Waals surface area (Å²) >= 11 is 0. The number of nitrogens with zero attached hydrogens (tertiary/aromatic N) is 3. The summed E-state index contributed by atoms with van der Waals surface area (Å²) in [6.45, 7) is 0. The Morgan fingerprint density at radius 1 is 1.27 bits per heavy atom. The largest absolute Gasteiger partial charge is 0.480 e. The molecule has 1 amide bonds. The van der Waals surface area contributed by atoms with Gasteiger partial charge in [0.05, 0.1) is 25.3 Å². The van der Waals surface area contributed by atoms with E-state index in [4.69, 9.17) is 10.5 Å². The second-order valence-corrected chi connectivity index (χ2v) is 6.47. The number of nitrogens with two attached hydrogens (primary N) is 1. The van der Waals surface area contributed by atoms with E-state index in [2.05, 4.69) is 20.3 Å². The molecule has 0 fully saturated rings. The Hall–Kier alpha value is -3.31. The summed E-state index contributed by atoms with van der Waals surface area (Å²) in [6, 6.07) is 2.40. The van der Waals surface area contributed by atoms with Gasteiger partial charge in [-0.2, -0.15) is 0 Å². The Morgan fingerprint density at radius 3 is 2.60 bits per heavy atom. The van der Waals surface area contributed by atoms with E-state index < -0.39 is 53.9 Å². The topological polar surface area (TPSA) is 102 Å². The molecule has 0 radical (unpaired) electrons. The number of amides is 1. The molecule has 0 spiro atoms. The number of amidine groups is 1. The molecule has 1 unspecified atom stereocenters. The van der Waals surface area contributed by atoms with E-state index in [9.17, 15) is 26.7 Å². The molecule has 0 aliphatic carbocycles. The van der Waals surface area contributed by atoms with Crippen molar-refractivity contribution in [3.8, 4) is 5.88 Å². The van der Waals surface area contributed by atoms with Gasteiger partial charge in [-0.3, -0.25) is 4.79 Å². The van der Waals surface area contributed by atoms with Crippen LogP contribution in [-0.4, -0.2) is 41.2 Å². The van der Waals surface area contributed by atoms with E-state index in [1.807, 2.05) is 0 Å². The van der Waals surface area contributed by atoms with Crippen LogP contribution < -0.4 is 15.8 Å². The van der Waals surface area contributed by atoms with Gasteiger partial charge in [-0.25, -0.2) is 36.9 Å². The lowest BCUT2D eigenvalue weighted by Gasteiger charge is -2.40. The predicted octanol–water partition coefficient (Wildman–Crippen LogP) is 3.12. The summed E-state index contributed by atoms with van der Waals surface area (Å²) in [4.78, 5) is 23.2. The van der Waals surface area contributed by atoms with E-state index in [0.29, 0.717) is 12.1 Å². The predicted molar refractivity (Wildman–Crippen MR) is 96.4 cm³/mol. The quantitative estimate of drug-likeness (QED) is 0.711. The Kier molecular flexibility index (Phi) is 5.59. The van der Waals surface area contributed by atoms with Gasteiger partial charge in [0.2, 0.25) is 11.4 Å². The van der Waals surface area contributed by atoms with Crippen LogP contribution in [0.25, 0.3) is 0 Å². The number of methoxy groups -OCH3 is 1. The first-order valence-electron chi connectivity index (χ1n) is 8.58. The van der Waals surface area contributed by atoms with Gasteiger partial charge in [0.1, 0.15) is 11.5 Å². The number of hydrogen-bond acceptors (Lipinski definition) is 6. The van der Waals surface area contributed by atoms with Crippen LogP contribution in [0, 0.1) is 5.82 Å². The highest BCUT2D eigenvalue weighted by atomic mass is 19.3. The van der Waals surface area contributed by atoms with Crippen LogP contribution in [0.15, 0.2) is 35.6 Å². The van der Waals surface area contributed by atoms with E-state index in [1.165, 1.54) is 7.11 Å². The third-order valence-corrected chi connectivity index (χ3v) is 4.59. The molecular formula is C18H16F5N5O2. The van der Waals surface area contributed by atoms with E-state index >= 15 is 0 Å². The van der Waals surface area contributed by atoms with E-state index in [-0.39, 0.29) is 17.3 Å². The summed E-state index contributed by atoms with van der Waals surface area (Å²) in [7, 11) is 1.35. The molecule has 2 heterocycles. The van der Waals surface area contributed by atoms with Crippen LogP contribution in [0.1, 0.15) is 28.9 Å². The Labute approximate surface area is 167 Å². The van der Waals surface area contributed by atoms with Gasteiger partial charge < -0.3 is 15.8 Å². The summed E-state index contributed by atoms with van der Waals surface area (Å²) < 4.78 is 76.3. The standard InChI is InChI=1S/C18H16F5N5O2/c1-30-14-8-25-12(7-26-14)15(29)27-9-2-3-11(19)10(6-9)18(16(20)21)17(22,23)5-4-13(24)28-18/h2-3,6-8,16H,4-5H2,1H3,(H2,24,28)(H,27,29). The minimum Gasteiger partial charge on any atom is -0.480 e. The highest BCUT2D eigenvalue weighted by molar-refractivity contribution is 6.02. The number of nitrogens with one attached hydrogen (secondary N) is 1. The van der Waals surface area contributed by atoms with Gasteiger partial charge in [-0.1, -0.05) is 0 Å². The second-order valence-electron chi connectivity index (χ2n) is 6.47. The number of alkyl halides is 4. The first-order valence-corrected chi connectivity index (χ1v) is 8.58. The fraction of sp³-hybridized carbons (Fsp3) is 0.333. The Morgan fingerprint density at radius 2 is 2.00 bits per heavy atom. The number of carbonyl (C=O) groups is 1. The van der Waals surface area contributed by atoms with Crippen molar-refractivity contribution in [3.05, 3.63) is 47.7 Å². The van der Waals surface area contributed by atoms with Crippen molar-refractivity contribution in [2.24, 2.45) is 10.7 Å². The van der Waals surface area contributed by atoms with Crippen LogP contribution in [0.4, 0.5) is 27.6 Å². The molecule has 1 aliphatic heterocycles. The first kappa shape index (κ1) is 21.4. The van der Waals surface area contributed by atoms with Crippen molar-refractivity contribution >= 4 is 17.4 Å². The molecule has 0 saturated carbocycles. The van der Waals surface area contributed by atoms with Crippen molar-refractivity contribution in [3.63, 3.8) is 0 Å². The number of anilines is 1. The zero-order chi connectivity index (χ0) is 22.1. The minimum absolute atomic E-state index is 0.143. The number of rotatable bonds is 5. The summed E-state index contributed by atoms with van der Waals surface area (Å²) in [5.74, 6) is -6.54. The molecule has 160 valence electrons. The lowest BCUT2D eigenvalue weighted by Crippen LogP contribution is -2.54. The number of benzene rings is 1. The number of aromatic nitrogens is 2. The summed E-state index contributed by atoms with van der Waals surface area (Å²) in [5.41, 5.74) is 0.458. The molecule has 3 N–H and O–H groups in total. The zero-order valence-corrected chi connectivity index (χ0v) is 15.5. The molecule has 12 heteroatoms. The number of halogens is 5. The molecule has 7 nitrogen and oxygen atoms in total. The van der Waals surface area contributed by atoms with Crippen LogP contribution in [-0.2, 0) is 5.54 Å². The third-order valence-electron chi connectivity index (χ3n) is 4.59. The van der Waals surface area contributed by atoms with Crippen LogP contribution in [0.3, 0.4) is 0 Å². The minimum atomic E-state index is -4.07. The van der Waals surface area contributed by atoms with Gasteiger partial charge >= 0.3 is 0 Å². The smallest absolute Gasteiger partial charge is 0.283 e. The fourth-order valence-electron chi connectivity index (χ4n) is 3.05. The summed E-state index contributed by atoms with van der Waals surface area (Å²) in [5, 5.41) is 2.28. The highest BCUT2D eigenvalue weighted by Gasteiger charge is 2.63. The van der Waals surface area contributed by atoms with Crippen molar-refractivity contribution in [2.45, 2.75) is 30.7 Å². The average molecular weight is 429 g/mol. The van der Waals surface area contributed by atoms with Crippen molar-refractivity contribution < 1.29 is 31.5 Å². The van der Waals surface area contributed by atoms with E-state index in [1.54, 1.807) is 0 Å². The average Bonchev–Trinajstić information content (AvgIpc) is 2.71. The second kappa shape index (κ2) is 7.84. The summed E-state index contributed by atoms with van der Waals surface area (Å²) in [6.07, 6.45) is -2.95. The molecule has 1 aromatic carbocycles. The zero-order valence-electron chi connectivity index (χ0n) is 15.5. The SMILES string of the molecule is COc1cnc(C(=O)Nc2ccc(F)c(C3(C(F)F)N=C(N)CCC3(F)F)c2)cn1. The third kappa shape index (κ3) is 3.64. The highest BCUT2D eigenvalue weighted by Crippen LogP contribution is 2.51.